The Labute approximate surface area is 63.6 Å². The first-order valence-electron chi connectivity index (χ1n) is 2.87. The second-order valence-electron chi connectivity index (χ2n) is 1.62. The highest BCUT2D eigenvalue weighted by atomic mass is 35.5. The first-order valence-corrected chi connectivity index (χ1v) is 3.41. The Morgan fingerprint density at radius 2 is 2.50 bits per heavy atom. The summed E-state index contributed by atoms with van der Waals surface area (Å²) in [5.74, 6) is 1.26. The van der Waals surface area contributed by atoms with Gasteiger partial charge in [-0.25, -0.2) is 0 Å². The molecule has 0 amide bonds. The van der Waals surface area contributed by atoms with E-state index >= 15 is 0 Å². The smallest absolute Gasteiger partial charge is 0.152 e. The molecule has 1 aromatic heterocycles. The lowest BCUT2D eigenvalue weighted by Crippen LogP contribution is -2.04. The monoisotopic (exact) mass is 158 g/mol. The molecule has 0 radical (unpaired) electrons. The summed E-state index contributed by atoms with van der Waals surface area (Å²) in [5, 5.41) is 13.6. The minimum atomic E-state index is 0.560. The molecule has 0 unspecified atom stereocenters. The van der Waals surface area contributed by atoms with E-state index in [9.17, 15) is 0 Å². The lowest BCUT2D eigenvalue weighted by molar-refractivity contribution is 0.864. The Kier molecular flexibility index (Phi) is 2.89. The van der Waals surface area contributed by atoms with E-state index in [4.69, 9.17) is 11.6 Å². The van der Waals surface area contributed by atoms with Crippen LogP contribution in [0.15, 0.2) is 12.3 Å². The van der Waals surface area contributed by atoms with Crippen molar-refractivity contribution in [2.75, 3.05) is 17.7 Å². The molecule has 54 valence electrons. The van der Waals surface area contributed by atoms with Gasteiger partial charge < -0.3 is 5.32 Å². The van der Waals surface area contributed by atoms with Gasteiger partial charge in [0.2, 0.25) is 0 Å². The Morgan fingerprint density at radius 3 is 3.10 bits per heavy atom. The van der Waals surface area contributed by atoms with Gasteiger partial charge in [-0.1, -0.05) is 0 Å². The summed E-state index contributed by atoms with van der Waals surface area (Å²) in [6.07, 6.45) is 1.57. The molecular formula is C5H7ClN4. The van der Waals surface area contributed by atoms with E-state index in [0.29, 0.717) is 18.2 Å². The summed E-state index contributed by atoms with van der Waals surface area (Å²) in [5.41, 5.74) is 0. The lowest BCUT2D eigenvalue weighted by Gasteiger charge is -1.98. The molecule has 4 nitrogen and oxygen atoms in total. The average molecular weight is 159 g/mol. The van der Waals surface area contributed by atoms with Crippen LogP contribution in [-0.4, -0.2) is 27.8 Å². The predicted octanol–water partition coefficient (Wildman–Crippen LogP) is 0.522. The fourth-order valence-corrected chi connectivity index (χ4v) is 0.605. The molecule has 1 aromatic rings. The SMILES string of the molecule is ClCCNc1ccnnn1. The van der Waals surface area contributed by atoms with Crippen LogP contribution in [0.5, 0.6) is 0 Å². The number of nitrogens with one attached hydrogen (secondary N) is 1. The molecule has 5 heteroatoms. The van der Waals surface area contributed by atoms with E-state index in [1.165, 1.54) is 0 Å². The topological polar surface area (TPSA) is 50.7 Å². The normalized spacial score (nSPS) is 9.30. The number of anilines is 1. The number of rotatable bonds is 3. The minimum Gasteiger partial charge on any atom is -0.367 e. The van der Waals surface area contributed by atoms with Crippen LogP contribution in [0.2, 0.25) is 0 Å². The van der Waals surface area contributed by atoms with Gasteiger partial charge in [-0.05, 0) is 5.21 Å². The summed E-state index contributed by atoms with van der Waals surface area (Å²) in [6, 6.07) is 1.74. The molecule has 0 aromatic carbocycles. The van der Waals surface area contributed by atoms with Crippen LogP contribution in [0.3, 0.4) is 0 Å². The van der Waals surface area contributed by atoms with E-state index in [1.54, 1.807) is 12.3 Å². The van der Waals surface area contributed by atoms with Crippen molar-refractivity contribution >= 4 is 17.4 Å². The van der Waals surface area contributed by atoms with Crippen LogP contribution in [0.25, 0.3) is 0 Å². The maximum atomic E-state index is 5.43. The summed E-state index contributed by atoms with van der Waals surface area (Å²) in [6.45, 7) is 0.695. The summed E-state index contributed by atoms with van der Waals surface area (Å²) >= 11 is 5.43. The molecule has 0 aliphatic carbocycles. The maximum Gasteiger partial charge on any atom is 0.152 e. The van der Waals surface area contributed by atoms with Gasteiger partial charge in [0.25, 0.3) is 0 Å². The molecule has 0 aliphatic heterocycles. The fraction of sp³-hybridized carbons (Fsp3) is 0.400. The number of alkyl halides is 1. The van der Waals surface area contributed by atoms with Gasteiger partial charge in [-0.2, -0.15) is 0 Å². The van der Waals surface area contributed by atoms with Crippen molar-refractivity contribution in [1.82, 2.24) is 15.4 Å². The van der Waals surface area contributed by atoms with Crippen molar-refractivity contribution in [2.45, 2.75) is 0 Å². The van der Waals surface area contributed by atoms with Crippen LogP contribution in [0.4, 0.5) is 5.82 Å². The van der Waals surface area contributed by atoms with Crippen molar-refractivity contribution in [2.24, 2.45) is 0 Å². The number of halogens is 1. The summed E-state index contributed by atoms with van der Waals surface area (Å²) in [7, 11) is 0. The molecular weight excluding hydrogens is 152 g/mol. The number of nitrogens with zero attached hydrogens (tertiary/aromatic N) is 3. The molecule has 0 atom stereocenters. The van der Waals surface area contributed by atoms with Crippen molar-refractivity contribution in [1.29, 1.82) is 0 Å². The van der Waals surface area contributed by atoms with E-state index in [2.05, 4.69) is 20.7 Å². The predicted molar refractivity (Wildman–Crippen MR) is 39.0 cm³/mol. The van der Waals surface area contributed by atoms with Gasteiger partial charge in [-0.15, -0.1) is 21.8 Å². The standard InChI is InChI=1S/C5H7ClN4/c6-2-4-7-5-1-3-8-10-9-5/h1,3H,2,4H2,(H,7,8,9). The van der Waals surface area contributed by atoms with Crippen LogP contribution >= 0.6 is 11.6 Å². The number of hydrogen-bond donors (Lipinski definition) is 1. The van der Waals surface area contributed by atoms with Crippen molar-refractivity contribution < 1.29 is 0 Å². The van der Waals surface area contributed by atoms with E-state index in [0.717, 1.165) is 0 Å². The van der Waals surface area contributed by atoms with Gasteiger partial charge in [0.1, 0.15) is 0 Å². The molecule has 0 fully saturated rings. The molecule has 10 heavy (non-hydrogen) atoms. The van der Waals surface area contributed by atoms with Gasteiger partial charge in [0, 0.05) is 18.5 Å². The Hall–Kier alpha value is -0.900. The first kappa shape index (κ1) is 7.21. The van der Waals surface area contributed by atoms with Gasteiger partial charge in [0.15, 0.2) is 5.82 Å². The molecule has 0 saturated carbocycles. The Balaban J connectivity index is 2.43. The first-order chi connectivity index (χ1) is 4.93. The van der Waals surface area contributed by atoms with Crippen molar-refractivity contribution in [3.63, 3.8) is 0 Å². The second kappa shape index (κ2) is 4.00. The highest BCUT2D eigenvalue weighted by Gasteiger charge is 1.88. The van der Waals surface area contributed by atoms with Gasteiger partial charge in [-0.3, -0.25) is 0 Å². The molecule has 0 saturated heterocycles. The van der Waals surface area contributed by atoms with E-state index in [1.807, 2.05) is 0 Å². The molecule has 1 heterocycles. The lowest BCUT2D eigenvalue weighted by atomic mass is 10.6. The molecule has 1 N–H and O–H groups in total. The zero-order valence-corrected chi connectivity index (χ0v) is 6.04. The zero-order chi connectivity index (χ0) is 7.23. The third-order valence-electron chi connectivity index (χ3n) is 0.904. The minimum absolute atomic E-state index is 0.560. The van der Waals surface area contributed by atoms with Crippen LogP contribution in [0, 0.1) is 0 Å². The largest absolute Gasteiger partial charge is 0.367 e. The maximum absolute atomic E-state index is 5.43. The average Bonchev–Trinajstić information content (AvgIpc) is 2.03. The third kappa shape index (κ3) is 2.14. The van der Waals surface area contributed by atoms with Crippen molar-refractivity contribution in [3.8, 4) is 0 Å². The molecule has 0 spiro atoms. The Morgan fingerprint density at radius 1 is 1.60 bits per heavy atom. The van der Waals surface area contributed by atoms with Crippen LogP contribution in [-0.2, 0) is 0 Å². The third-order valence-corrected chi connectivity index (χ3v) is 1.09. The zero-order valence-electron chi connectivity index (χ0n) is 5.29. The van der Waals surface area contributed by atoms with Crippen molar-refractivity contribution in [3.05, 3.63) is 12.3 Å². The van der Waals surface area contributed by atoms with Gasteiger partial charge >= 0.3 is 0 Å². The fourth-order valence-electron chi connectivity index (χ4n) is 0.511. The molecule has 0 bridgehead atoms. The summed E-state index contributed by atoms with van der Waals surface area (Å²) in [4.78, 5) is 0. The molecule has 1 rings (SSSR count). The highest BCUT2D eigenvalue weighted by Crippen LogP contribution is 1.94. The van der Waals surface area contributed by atoms with Gasteiger partial charge in [0.05, 0.1) is 6.20 Å². The van der Waals surface area contributed by atoms with Crippen LogP contribution in [0.1, 0.15) is 0 Å². The second-order valence-corrected chi connectivity index (χ2v) is 2.00. The quantitative estimate of drug-likeness (QED) is 0.652. The van der Waals surface area contributed by atoms with E-state index in [-0.39, 0.29) is 0 Å². The summed E-state index contributed by atoms with van der Waals surface area (Å²) < 4.78 is 0. The highest BCUT2D eigenvalue weighted by molar-refractivity contribution is 6.18. The molecule has 0 aliphatic rings. The van der Waals surface area contributed by atoms with Crippen LogP contribution < -0.4 is 5.32 Å². The Bertz CT molecular complexity index is 178. The number of aromatic nitrogens is 3. The van der Waals surface area contributed by atoms with E-state index < -0.39 is 0 Å². The number of hydrogen-bond acceptors (Lipinski definition) is 4.